The number of carbonyl (C=O) groups is 1. The number of hydrogen-bond acceptors (Lipinski definition) is 5. The van der Waals surface area contributed by atoms with Gasteiger partial charge < -0.3 is 15.5 Å². The van der Waals surface area contributed by atoms with Crippen molar-refractivity contribution in [1.29, 1.82) is 0 Å². The van der Waals surface area contributed by atoms with Crippen molar-refractivity contribution in [3.63, 3.8) is 0 Å². The largest absolute Gasteiger partial charge is 0.365 e. The van der Waals surface area contributed by atoms with Crippen molar-refractivity contribution in [2.24, 2.45) is 10.8 Å². The van der Waals surface area contributed by atoms with Gasteiger partial charge in [0.2, 0.25) is 0 Å². The van der Waals surface area contributed by atoms with E-state index >= 15 is 0 Å². The first-order valence-electron chi connectivity index (χ1n) is 7.07. The molecule has 24 heavy (non-hydrogen) atoms. The first kappa shape index (κ1) is 17.1. The summed E-state index contributed by atoms with van der Waals surface area (Å²) in [6.45, 7) is 2.76. The zero-order chi connectivity index (χ0) is 17.9. The molecule has 0 radical (unpaired) electrons. The molecule has 0 unspecified atom stereocenters. The SMILES string of the molecule is Cc1ccc(C(=O)N2CCN(/C(N)=N/[N+](=O)[O-])CC2)cc1[N+](=O)[O-]. The number of amides is 1. The fourth-order valence-electron chi connectivity index (χ4n) is 2.41. The number of hydrogen-bond donors (Lipinski definition) is 1. The number of nitrogens with zero attached hydrogens (tertiary/aromatic N) is 5. The minimum absolute atomic E-state index is 0.109. The molecule has 0 saturated carbocycles. The molecule has 128 valence electrons. The Morgan fingerprint density at radius 3 is 2.29 bits per heavy atom. The summed E-state index contributed by atoms with van der Waals surface area (Å²) in [7, 11) is 0. The predicted octanol–water partition coefficient (Wildman–Crippen LogP) is 0.167. The van der Waals surface area contributed by atoms with Crippen molar-refractivity contribution < 1.29 is 14.8 Å². The fourth-order valence-corrected chi connectivity index (χ4v) is 2.41. The predicted molar refractivity (Wildman–Crippen MR) is 83.9 cm³/mol. The molecule has 0 aromatic heterocycles. The maximum Gasteiger partial charge on any atom is 0.273 e. The maximum absolute atomic E-state index is 12.5. The Morgan fingerprint density at radius 2 is 1.75 bits per heavy atom. The van der Waals surface area contributed by atoms with Crippen LogP contribution in [0.2, 0.25) is 0 Å². The summed E-state index contributed by atoms with van der Waals surface area (Å²) < 4.78 is 0. The molecule has 11 heteroatoms. The Kier molecular flexibility index (Phi) is 4.92. The van der Waals surface area contributed by atoms with Crippen LogP contribution in [0.25, 0.3) is 0 Å². The molecule has 1 fully saturated rings. The van der Waals surface area contributed by atoms with Gasteiger partial charge in [-0.3, -0.25) is 14.9 Å². The summed E-state index contributed by atoms with van der Waals surface area (Å²) in [5.74, 6) is -0.541. The molecule has 0 bridgehead atoms. The minimum Gasteiger partial charge on any atom is -0.365 e. The molecule has 1 saturated heterocycles. The third-order valence-electron chi connectivity index (χ3n) is 3.73. The quantitative estimate of drug-likeness (QED) is 0.358. The van der Waals surface area contributed by atoms with E-state index in [4.69, 9.17) is 5.73 Å². The Labute approximate surface area is 136 Å². The van der Waals surface area contributed by atoms with Gasteiger partial charge in [-0.05, 0) is 13.0 Å². The Morgan fingerprint density at radius 1 is 1.17 bits per heavy atom. The Hall–Kier alpha value is -3.24. The van der Waals surface area contributed by atoms with Gasteiger partial charge in [0.25, 0.3) is 17.6 Å². The van der Waals surface area contributed by atoms with Gasteiger partial charge in [0, 0.05) is 43.4 Å². The Balaban J connectivity index is 2.07. The van der Waals surface area contributed by atoms with E-state index in [1.165, 1.54) is 21.9 Å². The number of hydrazone groups is 1. The summed E-state index contributed by atoms with van der Waals surface area (Å²) in [6, 6.07) is 4.33. The summed E-state index contributed by atoms with van der Waals surface area (Å²) in [4.78, 5) is 36.2. The van der Waals surface area contributed by atoms with Crippen LogP contribution in [0.5, 0.6) is 0 Å². The number of guanidine groups is 1. The highest BCUT2D eigenvalue weighted by Crippen LogP contribution is 2.20. The second-order valence-corrected chi connectivity index (χ2v) is 5.23. The first-order valence-corrected chi connectivity index (χ1v) is 7.07. The van der Waals surface area contributed by atoms with Crippen LogP contribution in [-0.4, -0.2) is 57.8 Å². The molecular formula is C13H16N6O5. The van der Waals surface area contributed by atoms with E-state index in [1.54, 1.807) is 13.0 Å². The molecule has 2 rings (SSSR count). The van der Waals surface area contributed by atoms with E-state index in [-0.39, 0.29) is 36.2 Å². The molecular weight excluding hydrogens is 320 g/mol. The highest BCUT2D eigenvalue weighted by atomic mass is 16.7. The lowest BCUT2D eigenvalue weighted by Gasteiger charge is -2.34. The molecule has 2 N–H and O–H groups in total. The van der Waals surface area contributed by atoms with Crippen molar-refractivity contribution in [2.75, 3.05) is 26.2 Å². The fraction of sp³-hybridized carbons (Fsp3) is 0.385. The van der Waals surface area contributed by atoms with E-state index in [1.807, 2.05) is 0 Å². The van der Waals surface area contributed by atoms with E-state index in [0.29, 0.717) is 18.7 Å². The first-order chi connectivity index (χ1) is 11.3. The molecule has 11 nitrogen and oxygen atoms in total. The van der Waals surface area contributed by atoms with Crippen molar-refractivity contribution in [3.8, 4) is 0 Å². The zero-order valence-electron chi connectivity index (χ0n) is 12.9. The van der Waals surface area contributed by atoms with Crippen LogP contribution in [0, 0.1) is 27.2 Å². The summed E-state index contributed by atoms with van der Waals surface area (Å²) in [6.07, 6.45) is 0. The van der Waals surface area contributed by atoms with Gasteiger partial charge in [-0.1, -0.05) is 6.07 Å². The number of piperazine rings is 1. The van der Waals surface area contributed by atoms with Gasteiger partial charge >= 0.3 is 0 Å². The molecule has 0 spiro atoms. The number of benzene rings is 1. The van der Waals surface area contributed by atoms with Gasteiger partial charge in [0.1, 0.15) is 5.10 Å². The highest BCUT2D eigenvalue weighted by Gasteiger charge is 2.25. The number of nitro groups is 2. The van der Waals surface area contributed by atoms with Crippen LogP contribution in [0.4, 0.5) is 5.69 Å². The van der Waals surface area contributed by atoms with Gasteiger partial charge in [0.05, 0.1) is 4.92 Å². The summed E-state index contributed by atoms with van der Waals surface area (Å²) in [5.41, 5.74) is 6.10. The van der Waals surface area contributed by atoms with E-state index in [0.717, 1.165) is 0 Å². The van der Waals surface area contributed by atoms with E-state index in [9.17, 15) is 25.0 Å². The van der Waals surface area contributed by atoms with Crippen LogP contribution in [0.15, 0.2) is 23.3 Å². The lowest BCUT2D eigenvalue weighted by Crippen LogP contribution is -2.52. The molecule has 1 amide bonds. The van der Waals surface area contributed by atoms with Crippen molar-refractivity contribution in [1.82, 2.24) is 9.80 Å². The normalized spacial score (nSPS) is 15.3. The molecule has 1 aliphatic rings. The summed E-state index contributed by atoms with van der Waals surface area (Å²) >= 11 is 0. The van der Waals surface area contributed by atoms with Crippen LogP contribution < -0.4 is 5.73 Å². The Bertz CT molecular complexity index is 711. The second kappa shape index (κ2) is 6.89. The van der Waals surface area contributed by atoms with Gasteiger partial charge in [0.15, 0.2) is 5.03 Å². The standard InChI is InChI=1S/C13H16N6O5/c1-9-2-3-10(8-11(9)18(21)22)12(20)16-4-6-17(7-5-16)13(14)15-19(23)24/h2-3,8H,4-7H2,1H3,(H2,14,15). The second-order valence-electron chi connectivity index (χ2n) is 5.23. The lowest BCUT2D eigenvalue weighted by molar-refractivity contribution is -0.485. The molecule has 1 aromatic rings. The monoisotopic (exact) mass is 336 g/mol. The number of nitrogens with two attached hydrogens (primary N) is 1. The van der Waals surface area contributed by atoms with Gasteiger partial charge in [-0.2, -0.15) is 0 Å². The van der Waals surface area contributed by atoms with Crippen molar-refractivity contribution >= 4 is 17.6 Å². The van der Waals surface area contributed by atoms with Gasteiger partial charge in [-0.25, -0.2) is 10.1 Å². The minimum atomic E-state index is -0.877. The highest BCUT2D eigenvalue weighted by molar-refractivity contribution is 5.95. The smallest absolute Gasteiger partial charge is 0.273 e. The molecule has 1 aliphatic heterocycles. The average molecular weight is 336 g/mol. The third kappa shape index (κ3) is 3.74. The van der Waals surface area contributed by atoms with Crippen LogP contribution in [0.3, 0.4) is 0 Å². The van der Waals surface area contributed by atoms with Gasteiger partial charge in [-0.15, -0.1) is 0 Å². The van der Waals surface area contributed by atoms with Crippen LogP contribution >= 0.6 is 0 Å². The van der Waals surface area contributed by atoms with Crippen molar-refractivity contribution in [2.45, 2.75) is 6.92 Å². The third-order valence-corrected chi connectivity index (χ3v) is 3.73. The molecule has 0 atom stereocenters. The maximum atomic E-state index is 12.5. The van der Waals surface area contributed by atoms with E-state index < -0.39 is 9.96 Å². The lowest BCUT2D eigenvalue weighted by atomic mass is 10.1. The number of carbonyl (C=O) groups excluding carboxylic acids is 1. The number of aryl methyl sites for hydroxylation is 1. The van der Waals surface area contributed by atoms with Crippen LogP contribution in [0.1, 0.15) is 15.9 Å². The molecule has 1 aromatic carbocycles. The summed E-state index contributed by atoms with van der Waals surface area (Å²) in [5, 5.41) is 23.4. The average Bonchev–Trinajstić information content (AvgIpc) is 2.54. The number of nitro benzene ring substituents is 1. The number of rotatable bonds is 3. The van der Waals surface area contributed by atoms with Crippen LogP contribution in [-0.2, 0) is 0 Å². The topological polar surface area (TPSA) is 148 Å². The molecule has 1 heterocycles. The molecule has 0 aliphatic carbocycles. The van der Waals surface area contributed by atoms with Crippen molar-refractivity contribution in [3.05, 3.63) is 49.6 Å². The van der Waals surface area contributed by atoms with E-state index in [2.05, 4.69) is 5.10 Å². The zero-order valence-corrected chi connectivity index (χ0v) is 12.9.